The van der Waals surface area contributed by atoms with Gasteiger partial charge in [-0.25, -0.2) is 0 Å². The lowest BCUT2D eigenvalue weighted by Crippen LogP contribution is -2.16. The van der Waals surface area contributed by atoms with E-state index < -0.39 is 0 Å². The van der Waals surface area contributed by atoms with Gasteiger partial charge in [0.1, 0.15) is 11.5 Å². The largest absolute Gasteiger partial charge is 0.497 e. The highest BCUT2D eigenvalue weighted by Crippen LogP contribution is 2.28. The van der Waals surface area contributed by atoms with Crippen molar-refractivity contribution < 1.29 is 14.3 Å². The highest BCUT2D eigenvalue weighted by Gasteiger charge is 2.15. The highest BCUT2D eigenvalue weighted by atomic mass is 16.5. The van der Waals surface area contributed by atoms with Gasteiger partial charge in [-0.05, 0) is 18.6 Å². The number of hydrogen-bond donors (Lipinski definition) is 1. The van der Waals surface area contributed by atoms with Crippen molar-refractivity contribution in [1.29, 1.82) is 0 Å². The van der Waals surface area contributed by atoms with Crippen LogP contribution in [0.3, 0.4) is 0 Å². The van der Waals surface area contributed by atoms with Gasteiger partial charge in [0.05, 0.1) is 26.3 Å². The molecule has 0 aromatic heterocycles. The van der Waals surface area contributed by atoms with Crippen molar-refractivity contribution in [3.8, 4) is 11.5 Å². The molecular weight excluding hydrogens is 194 g/mol. The second-order valence-corrected chi connectivity index (χ2v) is 3.15. The second-order valence-electron chi connectivity index (χ2n) is 3.15. The van der Waals surface area contributed by atoms with Crippen molar-refractivity contribution in [2.75, 3.05) is 20.8 Å². The predicted octanol–water partition coefficient (Wildman–Crippen LogP) is 1.15. The number of ketones is 1. The molecule has 0 saturated carbocycles. The fourth-order valence-electron chi connectivity index (χ4n) is 1.46. The van der Waals surface area contributed by atoms with E-state index >= 15 is 0 Å². The summed E-state index contributed by atoms with van der Waals surface area (Å²) in [6, 6.07) is 3.46. The van der Waals surface area contributed by atoms with E-state index in [9.17, 15) is 4.79 Å². The molecule has 0 aliphatic rings. The van der Waals surface area contributed by atoms with E-state index in [4.69, 9.17) is 15.2 Å². The van der Waals surface area contributed by atoms with Gasteiger partial charge >= 0.3 is 0 Å². The van der Waals surface area contributed by atoms with Crippen LogP contribution in [0.4, 0.5) is 0 Å². The summed E-state index contributed by atoms with van der Waals surface area (Å²) < 4.78 is 10.2. The van der Waals surface area contributed by atoms with E-state index in [0.29, 0.717) is 17.1 Å². The minimum absolute atomic E-state index is 0.0243. The number of nitrogens with two attached hydrogens (primary N) is 1. The number of hydrogen-bond acceptors (Lipinski definition) is 4. The molecule has 1 aromatic carbocycles. The van der Waals surface area contributed by atoms with Crippen LogP contribution in [0.1, 0.15) is 15.9 Å². The number of carbonyl (C=O) groups excluding carboxylic acids is 1. The van der Waals surface area contributed by atoms with Gasteiger partial charge in [-0.1, -0.05) is 0 Å². The van der Waals surface area contributed by atoms with Gasteiger partial charge in [0, 0.05) is 6.07 Å². The summed E-state index contributed by atoms with van der Waals surface area (Å²) in [5, 5.41) is 0. The number of aryl methyl sites for hydroxylation is 1. The Morgan fingerprint density at radius 2 is 2.00 bits per heavy atom. The van der Waals surface area contributed by atoms with Crippen LogP contribution in [0, 0.1) is 6.92 Å². The number of Topliss-reactive ketones (excluding diaryl/α,β-unsaturated/α-hetero) is 1. The van der Waals surface area contributed by atoms with Crippen molar-refractivity contribution in [3.63, 3.8) is 0 Å². The smallest absolute Gasteiger partial charge is 0.180 e. The van der Waals surface area contributed by atoms with Gasteiger partial charge in [0.25, 0.3) is 0 Å². The average molecular weight is 209 g/mol. The van der Waals surface area contributed by atoms with E-state index in [2.05, 4.69) is 0 Å². The Kier molecular flexibility index (Phi) is 3.68. The van der Waals surface area contributed by atoms with Crippen molar-refractivity contribution in [2.24, 2.45) is 5.73 Å². The molecule has 82 valence electrons. The molecule has 2 N–H and O–H groups in total. The first-order chi connectivity index (χ1) is 7.13. The summed E-state index contributed by atoms with van der Waals surface area (Å²) in [5.41, 5.74) is 6.67. The maximum Gasteiger partial charge on any atom is 0.180 e. The van der Waals surface area contributed by atoms with Crippen LogP contribution in [0.25, 0.3) is 0 Å². The molecule has 15 heavy (non-hydrogen) atoms. The van der Waals surface area contributed by atoms with Gasteiger partial charge in [-0.3, -0.25) is 4.79 Å². The zero-order valence-electron chi connectivity index (χ0n) is 9.16. The molecular formula is C11H15NO3. The average Bonchev–Trinajstić information content (AvgIpc) is 2.26. The van der Waals surface area contributed by atoms with Crippen molar-refractivity contribution in [3.05, 3.63) is 23.3 Å². The Hall–Kier alpha value is -1.55. The predicted molar refractivity (Wildman–Crippen MR) is 57.7 cm³/mol. The Balaban J connectivity index is 3.30. The quantitative estimate of drug-likeness (QED) is 0.756. The number of benzene rings is 1. The number of rotatable bonds is 4. The minimum Gasteiger partial charge on any atom is -0.497 e. The molecule has 0 bridgehead atoms. The lowest BCUT2D eigenvalue weighted by Gasteiger charge is -2.11. The molecule has 1 aromatic rings. The fourth-order valence-corrected chi connectivity index (χ4v) is 1.46. The minimum atomic E-state index is -0.132. The number of methoxy groups -OCH3 is 2. The van der Waals surface area contributed by atoms with Crippen LogP contribution in [0.2, 0.25) is 0 Å². The molecule has 0 unspecified atom stereocenters. The van der Waals surface area contributed by atoms with Crippen molar-refractivity contribution >= 4 is 5.78 Å². The summed E-state index contributed by atoms with van der Waals surface area (Å²) in [6.45, 7) is 1.80. The summed E-state index contributed by atoms with van der Waals surface area (Å²) in [7, 11) is 3.08. The van der Waals surface area contributed by atoms with Gasteiger partial charge in [-0.2, -0.15) is 0 Å². The van der Waals surface area contributed by atoms with Gasteiger partial charge in [0.15, 0.2) is 5.78 Å². The lowest BCUT2D eigenvalue weighted by atomic mass is 10.0. The molecule has 1 rings (SSSR count). The second kappa shape index (κ2) is 4.79. The molecule has 0 amide bonds. The van der Waals surface area contributed by atoms with Crippen LogP contribution in [-0.2, 0) is 0 Å². The summed E-state index contributed by atoms with van der Waals surface area (Å²) in [6.07, 6.45) is 0. The third-order valence-electron chi connectivity index (χ3n) is 2.19. The van der Waals surface area contributed by atoms with Gasteiger partial charge in [0.2, 0.25) is 0 Å². The topological polar surface area (TPSA) is 61.5 Å². The SMILES string of the molecule is COc1cc(C)c(C(=O)CN)c(OC)c1. The highest BCUT2D eigenvalue weighted by molar-refractivity contribution is 6.01. The molecule has 0 heterocycles. The van der Waals surface area contributed by atoms with E-state index in [-0.39, 0.29) is 12.3 Å². The molecule has 0 saturated heterocycles. The van der Waals surface area contributed by atoms with Crippen LogP contribution < -0.4 is 15.2 Å². The first-order valence-electron chi connectivity index (χ1n) is 4.60. The van der Waals surface area contributed by atoms with E-state index in [1.165, 1.54) is 7.11 Å². The fraction of sp³-hybridized carbons (Fsp3) is 0.364. The Labute approximate surface area is 89.0 Å². The van der Waals surface area contributed by atoms with Crippen molar-refractivity contribution in [1.82, 2.24) is 0 Å². The number of carbonyl (C=O) groups is 1. The Morgan fingerprint density at radius 1 is 1.33 bits per heavy atom. The third kappa shape index (κ3) is 2.27. The molecule has 0 radical (unpaired) electrons. The molecule has 0 atom stereocenters. The summed E-state index contributed by atoms with van der Waals surface area (Å²) in [5.74, 6) is 1.03. The Morgan fingerprint density at radius 3 is 2.47 bits per heavy atom. The summed E-state index contributed by atoms with van der Waals surface area (Å²) >= 11 is 0. The first kappa shape index (κ1) is 11.5. The Bertz CT molecular complexity index is 374. The van der Waals surface area contributed by atoms with E-state index in [1.54, 1.807) is 19.2 Å². The molecule has 0 aliphatic carbocycles. The normalized spacial score (nSPS) is 9.87. The maximum absolute atomic E-state index is 11.6. The zero-order valence-corrected chi connectivity index (χ0v) is 9.16. The monoisotopic (exact) mass is 209 g/mol. The lowest BCUT2D eigenvalue weighted by molar-refractivity contribution is 0.0998. The standard InChI is InChI=1S/C11H15NO3/c1-7-4-8(14-2)5-10(15-3)11(7)9(13)6-12/h4-5H,6,12H2,1-3H3. The number of ether oxygens (including phenoxy) is 2. The first-order valence-corrected chi connectivity index (χ1v) is 4.60. The van der Waals surface area contributed by atoms with E-state index in [0.717, 1.165) is 5.56 Å². The van der Waals surface area contributed by atoms with Crippen LogP contribution >= 0.6 is 0 Å². The van der Waals surface area contributed by atoms with Gasteiger partial charge in [-0.15, -0.1) is 0 Å². The third-order valence-corrected chi connectivity index (χ3v) is 2.19. The molecule has 0 fully saturated rings. The molecule has 0 aliphatic heterocycles. The van der Waals surface area contributed by atoms with Crippen LogP contribution in [0.5, 0.6) is 11.5 Å². The van der Waals surface area contributed by atoms with Crippen molar-refractivity contribution in [2.45, 2.75) is 6.92 Å². The van der Waals surface area contributed by atoms with Crippen LogP contribution in [0.15, 0.2) is 12.1 Å². The maximum atomic E-state index is 11.6. The molecule has 0 spiro atoms. The summed E-state index contributed by atoms with van der Waals surface area (Å²) in [4.78, 5) is 11.6. The van der Waals surface area contributed by atoms with E-state index in [1.807, 2.05) is 6.92 Å². The zero-order chi connectivity index (χ0) is 11.4. The molecule has 4 nitrogen and oxygen atoms in total. The van der Waals surface area contributed by atoms with Gasteiger partial charge < -0.3 is 15.2 Å². The van der Waals surface area contributed by atoms with Crippen LogP contribution in [-0.4, -0.2) is 26.5 Å². The molecule has 4 heteroatoms.